The van der Waals surface area contributed by atoms with Crippen LogP contribution >= 0.6 is 0 Å². The van der Waals surface area contributed by atoms with Gasteiger partial charge < -0.3 is 20.3 Å². The number of unbranched alkanes of at least 4 members (excludes halogenated alkanes) is 34. The topological polar surface area (TPSA) is 95.9 Å². The fraction of sp³-hybridized carbons (Fsp3) is 0.889. The molecule has 354 valence electrons. The third kappa shape index (κ3) is 45.9. The van der Waals surface area contributed by atoms with Crippen LogP contribution in [0, 0.1) is 0 Å². The zero-order valence-electron chi connectivity index (χ0n) is 40.2. The van der Waals surface area contributed by atoms with Crippen LogP contribution in [0.1, 0.15) is 284 Å². The van der Waals surface area contributed by atoms with Gasteiger partial charge in [-0.05, 0) is 77.0 Å². The Bertz CT molecular complexity index is 935. The number of allylic oxidation sites excluding steroid dienone is 4. The lowest BCUT2D eigenvalue weighted by Gasteiger charge is -2.22. The predicted molar refractivity (Wildman–Crippen MR) is 260 cm³/mol. The third-order valence-corrected chi connectivity index (χ3v) is 12.2. The first kappa shape index (κ1) is 58.3. The first-order valence-electron chi connectivity index (χ1n) is 26.6. The SMILES string of the molecule is CCCCCCCC/C=C\CCCCCCCCCC(=O)OCCCC/C=C\CCCCCCC(=O)NC(CO)C(O)CCCCCCCCCCCCCCCCCC. The smallest absolute Gasteiger partial charge is 0.305 e. The maximum Gasteiger partial charge on any atom is 0.305 e. The van der Waals surface area contributed by atoms with Crippen molar-refractivity contribution in [2.24, 2.45) is 0 Å². The minimum Gasteiger partial charge on any atom is -0.466 e. The van der Waals surface area contributed by atoms with Crippen LogP contribution in [-0.2, 0) is 14.3 Å². The summed E-state index contributed by atoms with van der Waals surface area (Å²) < 4.78 is 5.44. The molecule has 0 aliphatic rings. The van der Waals surface area contributed by atoms with Gasteiger partial charge in [0, 0.05) is 12.8 Å². The van der Waals surface area contributed by atoms with E-state index < -0.39 is 12.1 Å². The first-order valence-corrected chi connectivity index (χ1v) is 26.6. The van der Waals surface area contributed by atoms with Crippen LogP contribution in [0.4, 0.5) is 0 Å². The minimum atomic E-state index is -0.686. The number of aliphatic hydroxyl groups is 2. The number of esters is 1. The molecular formula is C54H103NO5. The molecule has 0 heterocycles. The van der Waals surface area contributed by atoms with Gasteiger partial charge in [-0.3, -0.25) is 9.59 Å². The van der Waals surface area contributed by atoms with Gasteiger partial charge in [0.05, 0.1) is 25.4 Å². The second-order valence-electron chi connectivity index (χ2n) is 18.2. The average molecular weight is 846 g/mol. The molecule has 6 heteroatoms. The molecule has 3 N–H and O–H groups in total. The summed E-state index contributed by atoms with van der Waals surface area (Å²) in [4.78, 5) is 24.5. The van der Waals surface area contributed by atoms with E-state index in [2.05, 4.69) is 43.5 Å². The van der Waals surface area contributed by atoms with E-state index in [1.807, 2.05) is 0 Å². The highest BCUT2D eigenvalue weighted by atomic mass is 16.5. The number of carbonyl (C=O) groups excluding carboxylic acids is 2. The van der Waals surface area contributed by atoms with Crippen LogP contribution in [0.15, 0.2) is 24.3 Å². The van der Waals surface area contributed by atoms with Crippen molar-refractivity contribution in [3.8, 4) is 0 Å². The van der Waals surface area contributed by atoms with Crippen molar-refractivity contribution < 1.29 is 24.5 Å². The number of hydrogen-bond donors (Lipinski definition) is 3. The molecule has 2 atom stereocenters. The summed E-state index contributed by atoms with van der Waals surface area (Å²) in [7, 11) is 0. The third-order valence-electron chi connectivity index (χ3n) is 12.2. The molecule has 0 radical (unpaired) electrons. The Kier molecular flexibility index (Phi) is 48.6. The second-order valence-corrected chi connectivity index (χ2v) is 18.2. The molecule has 0 fully saturated rings. The van der Waals surface area contributed by atoms with Gasteiger partial charge in [0.15, 0.2) is 0 Å². The highest BCUT2D eigenvalue weighted by Crippen LogP contribution is 2.16. The summed E-state index contributed by atoms with van der Waals surface area (Å²) in [5, 5.41) is 23.2. The molecule has 0 aromatic rings. The van der Waals surface area contributed by atoms with Gasteiger partial charge in [-0.2, -0.15) is 0 Å². The Morgan fingerprint density at radius 1 is 0.450 bits per heavy atom. The summed E-state index contributed by atoms with van der Waals surface area (Å²) in [6.45, 7) is 4.86. The Morgan fingerprint density at radius 2 is 0.783 bits per heavy atom. The molecular weight excluding hydrogens is 743 g/mol. The molecule has 0 aliphatic heterocycles. The van der Waals surface area contributed by atoms with Crippen LogP contribution in [0.25, 0.3) is 0 Å². The van der Waals surface area contributed by atoms with E-state index in [-0.39, 0.29) is 18.5 Å². The Balaban J connectivity index is 3.52. The molecule has 6 nitrogen and oxygen atoms in total. The van der Waals surface area contributed by atoms with E-state index in [9.17, 15) is 19.8 Å². The number of hydrogen-bond acceptors (Lipinski definition) is 5. The summed E-state index contributed by atoms with van der Waals surface area (Å²) in [5.74, 6) is -0.110. The fourth-order valence-corrected chi connectivity index (χ4v) is 8.10. The van der Waals surface area contributed by atoms with E-state index in [4.69, 9.17) is 4.74 Å². The van der Waals surface area contributed by atoms with E-state index in [0.29, 0.717) is 25.9 Å². The molecule has 0 bridgehead atoms. The standard InChI is InChI=1S/C54H103NO5/c1-3-5-7-9-11-13-15-17-19-21-23-25-27-32-36-40-44-48-54(59)60-49-45-41-37-33-29-28-31-35-39-43-47-53(58)55-51(50-56)52(57)46-42-38-34-30-26-24-22-20-18-16-14-12-10-8-6-4-2/h17,19,29,33,51-52,56-57H,3-16,18,20-28,30-32,34-50H2,1-2H3,(H,55,58)/b19-17-,33-29-. The van der Waals surface area contributed by atoms with Crippen LogP contribution in [0.5, 0.6) is 0 Å². The van der Waals surface area contributed by atoms with Crippen LogP contribution in [0.3, 0.4) is 0 Å². The van der Waals surface area contributed by atoms with E-state index in [0.717, 1.165) is 77.0 Å². The molecule has 0 aliphatic carbocycles. The van der Waals surface area contributed by atoms with E-state index >= 15 is 0 Å². The van der Waals surface area contributed by atoms with E-state index in [1.54, 1.807) is 0 Å². The predicted octanol–water partition coefficient (Wildman–Crippen LogP) is 15.9. The van der Waals surface area contributed by atoms with Gasteiger partial charge >= 0.3 is 5.97 Å². The largest absolute Gasteiger partial charge is 0.466 e. The lowest BCUT2D eigenvalue weighted by molar-refractivity contribution is -0.143. The highest BCUT2D eigenvalue weighted by Gasteiger charge is 2.20. The number of ether oxygens (including phenoxy) is 1. The van der Waals surface area contributed by atoms with Gasteiger partial charge in [-0.15, -0.1) is 0 Å². The van der Waals surface area contributed by atoms with Crippen LogP contribution in [0.2, 0.25) is 0 Å². The number of nitrogens with one attached hydrogen (secondary N) is 1. The maximum atomic E-state index is 12.4. The van der Waals surface area contributed by atoms with Crippen molar-refractivity contribution in [3.05, 3.63) is 24.3 Å². The number of rotatable bonds is 49. The normalized spacial score (nSPS) is 12.8. The zero-order valence-corrected chi connectivity index (χ0v) is 40.2. The van der Waals surface area contributed by atoms with Gasteiger partial charge in [0.2, 0.25) is 5.91 Å². The van der Waals surface area contributed by atoms with Crippen LogP contribution in [-0.4, -0.2) is 47.4 Å². The van der Waals surface area contributed by atoms with Crippen molar-refractivity contribution in [2.75, 3.05) is 13.2 Å². The molecule has 0 aromatic heterocycles. The molecule has 1 amide bonds. The Labute approximate surface area is 373 Å². The lowest BCUT2D eigenvalue weighted by Crippen LogP contribution is -2.45. The van der Waals surface area contributed by atoms with Gasteiger partial charge in [0.25, 0.3) is 0 Å². The molecule has 0 spiro atoms. The first-order chi connectivity index (χ1) is 29.5. The fourth-order valence-electron chi connectivity index (χ4n) is 8.10. The summed E-state index contributed by atoms with van der Waals surface area (Å²) in [6.07, 6.45) is 58.7. The maximum absolute atomic E-state index is 12.4. The van der Waals surface area contributed by atoms with Gasteiger partial charge in [0.1, 0.15) is 0 Å². The van der Waals surface area contributed by atoms with Crippen molar-refractivity contribution >= 4 is 11.9 Å². The summed E-state index contributed by atoms with van der Waals surface area (Å²) in [5.41, 5.74) is 0. The quantitative estimate of drug-likeness (QED) is 0.0322. The molecule has 0 aromatic carbocycles. The van der Waals surface area contributed by atoms with Crippen molar-refractivity contribution in [2.45, 2.75) is 296 Å². The monoisotopic (exact) mass is 846 g/mol. The molecule has 0 rings (SSSR count). The number of carbonyl (C=O) groups is 2. The van der Waals surface area contributed by atoms with Gasteiger partial charge in [-0.1, -0.05) is 218 Å². The van der Waals surface area contributed by atoms with Crippen molar-refractivity contribution in [1.29, 1.82) is 0 Å². The van der Waals surface area contributed by atoms with Gasteiger partial charge in [-0.25, -0.2) is 0 Å². The van der Waals surface area contributed by atoms with Crippen molar-refractivity contribution in [3.63, 3.8) is 0 Å². The minimum absolute atomic E-state index is 0.0395. The van der Waals surface area contributed by atoms with Crippen LogP contribution < -0.4 is 5.32 Å². The molecule has 60 heavy (non-hydrogen) atoms. The molecule has 0 saturated carbocycles. The molecule has 0 saturated heterocycles. The number of amides is 1. The number of aliphatic hydroxyl groups excluding tert-OH is 2. The summed E-state index contributed by atoms with van der Waals surface area (Å²) in [6, 6.07) is -0.567. The average Bonchev–Trinajstić information content (AvgIpc) is 3.25. The Morgan fingerprint density at radius 3 is 1.18 bits per heavy atom. The molecule has 2 unspecified atom stereocenters. The highest BCUT2D eigenvalue weighted by molar-refractivity contribution is 5.76. The second kappa shape index (κ2) is 50.0. The zero-order chi connectivity index (χ0) is 43.7. The summed E-state index contributed by atoms with van der Waals surface area (Å²) >= 11 is 0. The Hall–Kier alpha value is -1.66. The van der Waals surface area contributed by atoms with E-state index in [1.165, 1.54) is 173 Å². The lowest BCUT2D eigenvalue weighted by atomic mass is 10.0. The van der Waals surface area contributed by atoms with Crippen molar-refractivity contribution in [1.82, 2.24) is 5.32 Å².